The van der Waals surface area contributed by atoms with E-state index in [4.69, 9.17) is 14.9 Å². The van der Waals surface area contributed by atoms with Gasteiger partial charge in [-0.1, -0.05) is 27.7 Å². The van der Waals surface area contributed by atoms with Crippen LogP contribution < -0.4 is 20.1 Å². The van der Waals surface area contributed by atoms with Crippen LogP contribution in [-0.4, -0.2) is 50.6 Å². The van der Waals surface area contributed by atoms with Crippen LogP contribution in [0.25, 0.3) is 11.0 Å². The second-order valence-corrected chi connectivity index (χ2v) is 9.06. The first-order chi connectivity index (χ1) is 18.1. The van der Waals surface area contributed by atoms with Gasteiger partial charge in [0.2, 0.25) is 0 Å². The molecule has 4 rings (SSSR count). The summed E-state index contributed by atoms with van der Waals surface area (Å²) in [5, 5.41) is 7.92. The largest absolute Gasteiger partial charge is 0.378 e. The van der Waals surface area contributed by atoms with Crippen LogP contribution in [0.1, 0.15) is 56.6 Å². The minimum Gasteiger partial charge on any atom is -0.378 e. The molecule has 0 radical (unpaired) electrons. The number of nitrogens with two attached hydrogens (primary N) is 1. The number of carbonyl (C=O) groups is 1. The molecule has 2 heterocycles. The predicted molar refractivity (Wildman–Crippen MR) is 144 cm³/mol. The number of fused-ring (bicyclic) bond motifs is 1. The van der Waals surface area contributed by atoms with Crippen molar-refractivity contribution in [2.24, 2.45) is 5.14 Å². The lowest BCUT2D eigenvalue weighted by molar-refractivity contribution is 0.0981. The van der Waals surface area contributed by atoms with Gasteiger partial charge in [0.1, 0.15) is 17.5 Å². The normalized spacial score (nSPS) is 13.9. The lowest BCUT2D eigenvalue weighted by Gasteiger charge is -2.28. The van der Waals surface area contributed by atoms with Crippen molar-refractivity contribution in [3.05, 3.63) is 59.3 Å². The molecule has 38 heavy (non-hydrogen) atoms. The van der Waals surface area contributed by atoms with Crippen LogP contribution in [-0.2, 0) is 14.9 Å². The van der Waals surface area contributed by atoms with Crippen LogP contribution in [0.4, 0.5) is 20.3 Å². The van der Waals surface area contributed by atoms with E-state index in [-0.39, 0.29) is 11.3 Å². The Morgan fingerprint density at radius 1 is 1.05 bits per heavy atom. The van der Waals surface area contributed by atoms with Crippen LogP contribution in [0.15, 0.2) is 36.5 Å². The molecule has 13 heteroatoms. The summed E-state index contributed by atoms with van der Waals surface area (Å²) in [5.74, 6) is -1.86. The monoisotopic (exact) mass is 552 g/mol. The molecule has 1 unspecified atom stereocenters. The molecule has 1 aliphatic rings. The Balaban J connectivity index is 0.00000121. The predicted octanol–water partition coefficient (Wildman–Crippen LogP) is 3.90. The molecular weight excluding hydrogens is 518 g/mol. The molecule has 2 aromatic carbocycles. The summed E-state index contributed by atoms with van der Waals surface area (Å²) in [6.07, 6.45) is 1.55. The zero-order chi connectivity index (χ0) is 28.5. The topological polar surface area (TPSA) is 140 Å². The Morgan fingerprint density at radius 3 is 2.24 bits per heavy atom. The average Bonchev–Trinajstić information content (AvgIpc) is 2.89. The van der Waals surface area contributed by atoms with Crippen LogP contribution in [0.2, 0.25) is 0 Å². The molecule has 1 amide bonds. The van der Waals surface area contributed by atoms with Crippen LogP contribution >= 0.6 is 0 Å². The van der Waals surface area contributed by atoms with Gasteiger partial charge >= 0.3 is 0 Å². The van der Waals surface area contributed by atoms with Crippen molar-refractivity contribution < 1.29 is 26.7 Å². The Hall–Kier alpha value is -3.42. The van der Waals surface area contributed by atoms with E-state index in [1.807, 2.05) is 32.6 Å². The Kier molecular flexibility index (Phi) is 11.3. The van der Waals surface area contributed by atoms with Gasteiger partial charge in [-0.2, -0.15) is 8.42 Å². The van der Waals surface area contributed by atoms with Gasteiger partial charge in [0.15, 0.2) is 0 Å². The first-order valence-corrected chi connectivity index (χ1v) is 13.8. The van der Waals surface area contributed by atoms with E-state index < -0.39 is 33.8 Å². The smallest absolute Gasteiger partial charge is 0.298 e. The standard InChI is InChI=1S/C21H22F2N6O4S.2C2H6/c1-12(26-16-9-14(22)8-15(23)10-16)17-6-13(21(30)28-34(24,31)32)7-18-20(17)27-19(11-25-18)29-2-4-33-5-3-29;2*1-2/h6-12,26H,2-5H2,1H3,(H,28,30)(H2,24,31,32);2*1-2H3. The maximum atomic E-state index is 13.7. The number of anilines is 2. The van der Waals surface area contributed by atoms with Gasteiger partial charge in [0.05, 0.1) is 36.5 Å². The van der Waals surface area contributed by atoms with Crippen molar-refractivity contribution in [3.63, 3.8) is 0 Å². The van der Waals surface area contributed by atoms with Crippen molar-refractivity contribution in [1.82, 2.24) is 14.7 Å². The molecule has 1 saturated heterocycles. The number of hydrogen-bond acceptors (Lipinski definition) is 8. The quantitative estimate of drug-likeness (QED) is 0.418. The zero-order valence-electron chi connectivity index (χ0n) is 22.1. The summed E-state index contributed by atoms with van der Waals surface area (Å²) in [6, 6.07) is 5.25. The maximum absolute atomic E-state index is 13.7. The third-order valence-corrected chi connectivity index (χ3v) is 5.68. The molecule has 10 nitrogen and oxygen atoms in total. The summed E-state index contributed by atoms with van der Waals surface area (Å²) >= 11 is 0. The summed E-state index contributed by atoms with van der Waals surface area (Å²) in [6.45, 7) is 12.0. The number of ether oxygens (including phenoxy) is 1. The zero-order valence-corrected chi connectivity index (χ0v) is 22.9. The van der Waals surface area contributed by atoms with E-state index >= 15 is 0 Å². The van der Waals surface area contributed by atoms with Gasteiger partial charge in [0, 0.05) is 36.0 Å². The third kappa shape index (κ3) is 8.30. The lowest BCUT2D eigenvalue weighted by Crippen LogP contribution is -2.37. The Morgan fingerprint density at radius 2 is 1.66 bits per heavy atom. The first kappa shape index (κ1) is 30.8. The number of halogens is 2. The second kappa shape index (κ2) is 13.9. The van der Waals surface area contributed by atoms with E-state index in [1.165, 1.54) is 12.1 Å². The first-order valence-electron chi connectivity index (χ1n) is 12.3. The molecule has 0 spiro atoms. The number of amides is 1. The molecule has 3 aromatic rings. The number of nitrogens with one attached hydrogen (secondary N) is 2. The molecule has 1 aromatic heterocycles. The van der Waals surface area contributed by atoms with Gasteiger partial charge in [-0.05, 0) is 31.2 Å². The average molecular weight is 553 g/mol. The highest BCUT2D eigenvalue weighted by atomic mass is 32.2. The van der Waals surface area contributed by atoms with Crippen molar-refractivity contribution in [2.75, 3.05) is 36.5 Å². The van der Waals surface area contributed by atoms with E-state index in [0.717, 1.165) is 18.2 Å². The van der Waals surface area contributed by atoms with Gasteiger partial charge in [-0.25, -0.2) is 23.6 Å². The van der Waals surface area contributed by atoms with E-state index in [2.05, 4.69) is 10.3 Å². The maximum Gasteiger partial charge on any atom is 0.298 e. The summed E-state index contributed by atoms with van der Waals surface area (Å²) in [4.78, 5) is 23.6. The van der Waals surface area contributed by atoms with Crippen molar-refractivity contribution >= 4 is 38.7 Å². The molecule has 0 saturated carbocycles. The van der Waals surface area contributed by atoms with E-state index in [0.29, 0.717) is 48.7 Å². The highest BCUT2D eigenvalue weighted by Gasteiger charge is 2.21. The Bertz CT molecular complexity index is 1330. The summed E-state index contributed by atoms with van der Waals surface area (Å²) in [5.41, 5.74) is 1.38. The van der Waals surface area contributed by atoms with Crippen LogP contribution in [0.5, 0.6) is 0 Å². The van der Waals surface area contributed by atoms with Crippen molar-refractivity contribution in [2.45, 2.75) is 40.7 Å². The fourth-order valence-corrected chi connectivity index (χ4v) is 4.07. The number of hydrogen-bond donors (Lipinski definition) is 3. The minimum atomic E-state index is -4.29. The van der Waals surface area contributed by atoms with Crippen LogP contribution in [0, 0.1) is 11.6 Å². The molecule has 0 aliphatic carbocycles. The van der Waals surface area contributed by atoms with Gasteiger partial charge in [0.25, 0.3) is 16.1 Å². The third-order valence-electron chi connectivity index (χ3n) is 5.21. The minimum absolute atomic E-state index is 0.0241. The van der Waals surface area contributed by atoms with Crippen LogP contribution in [0.3, 0.4) is 0 Å². The Labute approximate surface area is 221 Å². The molecular formula is C25H34F2N6O4S. The molecule has 208 valence electrons. The highest BCUT2D eigenvalue weighted by Crippen LogP contribution is 2.29. The number of nitrogens with zero attached hydrogens (tertiary/aromatic N) is 3. The number of morpholine rings is 1. The molecule has 0 bridgehead atoms. The van der Waals surface area contributed by atoms with Gasteiger partial charge < -0.3 is 15.0 Å². The molecule has 1 fully saturated rings. The van der Waals surface area contributed by atoms with E-state index in [1.54, 1.807) is 17.8 Å². The number of aromatic nitrogens is 2. The highest BCUT2D eigenvalue weighted by molar-refractivity contribution is 7.87. The SMILES string of the molecule is CC.CC.CC(Nc1cc(F)cc(F)c1)c1cc(C(=O)NS(N)(=O)=O)cc2ncc(N3CCOCC3)nc12. The van der Waals surface area contributed by atoms with Crippen molar-refractivity contribution in [3.8, 4) is 0 Å². The fourth-order valence-electron chi connectivity index (χ4n) is 3.69. The molecule has 1 atom stereocenters. The fraction of sp³-hybridized carbons (Fsp3) is 0.400. The number of carbonyl (C=O) groups excluding carboxylic acids is 1. The number of benzene rings is 2. The second-order valence-electron chi connectivity index (χ2n) is 7.76. The van der Waals surface area contributed by atoms with Gasteiger partial charge in [-0.3, -0.25) is 9.78 Å². The van der Waals surface area contributed by atoms with Gasteiger partial charge in [-0.15, -0.1) is 0 Å². The number of rotatable bonds is 6. The molecule has 1 aliphatic heterocycles. The molecule has 4 N–H and O–H groups in total. The summed E-state index contributed by atoms with van der Waals surface area (Å²) < 4.78 is 57.1. The van der Waals surface area contributed by atoms with Crippen molar-refractivity contribution in [1.29, 1.82) is 0 Å². The van der Waals surface area contributed by atoms with E-state index in [9.17, 15) is 22.0 Å². The lowest BCUT2D eigenvalue weighted by atomic mass is 10.0. The summed E-state index contributed by atoms with van der Waals surface area (Å²) in [7, 11) is -4.29.